The van der Waals surface area contributed by atoms with E-state index in [9.17, 15) is 22.0 Å². The van der Waals surface area contributed by atoms with Gasteiger partial charge >= 0.3 is 6.18 Å². The molecule has 26 heavy (non-hydrogen) atoms. The summed E-state index contributed by atoms with van der Waals surface area (Å²) < 4.78 is 65.6. The number of hydrogen-bond acceptors (Lipinski definition) is 5. The molecule has 0 aromatic carbocycles. The first-order valence-corrected chi connectivity index (χ1v) is 8.00. The van der Waals surface area contributed by atoms with Crippen molar-refractivity contribution in [3.63, 3.8) is 0 Å². The highest BCUT2D eigenvalue weighted by Crippen LogP contribution is 2.28. The minimum absolute atomic E-state index is 0.0574. The maximum atomic E-state index is 13.7. The molecule has 1 aliphatic rings. The number of rotatable bonds is 4. The van der Waals surface area contributed by atoms with Crippen LogP contribution in [-0.2, 0) is 12.7 Å². The molecular weight excluding hydrogens is 357 g/mol. The number of nitrogens with zero attached hydrogens (tertiary/aromatic N) is 4. The molecule has 1 N–H and O–H groups in total. The standard InChI is InChI=1S/C16H16F5N5/c17-12-6-22-7-13(18)11(12)9-26-5-1-2-10(8-26)24-15-23-4-3-14(25-15)16(19,20)21/h3-4,6-7,10H,1-2,5,8-9H2,(H,23,24,25). The third kappa shape index (κ3) is 4.43. The lowest BCUT2D eigenvalue weighted by molar-refractivity contribution is -0.141. The Morgan fingerprint density at radius 1 is 1.19 bits per heavy atom. The Bertz CT molecular complexity index is 747. The fourth-order valence-corrected chi connectivity index (χ4v) is 2.90. The normalized spacial score (nSPS) is 18.7. The van der Waals surface area contributed by atoms with Crippen LogP contribution >= 0.6 is 0 Å². The number of pyridine rings is 1. The van der Waals surface area contributed by atoms with Gasteiger partial charge in [0, 0.05) is 30.9 Å². The van der Waals surface area contributed by atoms with Gasteiger partial charge in [-0.1, -0.05) is 0 Å². The van der Waals surface area contributed by atoms with Crippen molar-refractivity contribution in [2.24, 2.45) is 0 Å². The Morgan fingerprint density at radius 2 is 1.92 bits per heavy atom. The fraction of sp³-hybridized carbons (Fsp3) is 0.438. The lowest BCUT2D eigenvalue weighted by Crippen LogP contribution is -2.42. The second kappa shape index (κ2) is 7.48. The van der Waals surface area contributed by atoms with Crippen LogP contribution < -0.4 is 5.32 Å². The lowest BCUT2D eigenvalue weighted by Gasteiger charge is -2.33. The fourth-order valence-electron chi connectivity index (χ4n) is 2.90. The van der Waals surface area contributed by atoms with Gasteiger partial charge in [0.2, 0.25) is 5.95 Å². The van der Waals surface area contributed by atoms with Crippen molar-refractivity contribution in [2.45, 2.75) is 31.6 Å². The summed E-state index contributed by atoms with van der Waals surface area (Å²) in [5.41, 5.74) is -1.10. The highest BCUT2D eigenvalue weighted by atomic mass is 19.4. The van der Waals surface area contributed by atoms with E-state index < -0.39 is 23.5 Å². The van der Waals surface area contributed by atoms with Crippen LogP contribution in [-0.4, -0.2) is 39.0 Å². The molecule has 1 fully saturated rings. The number of aromatic nitrogens is 3. The molecule has 5 nitrogen and oxygen atoms in total. The first-order chi connectivity index (χ1) is 12.3. The van der Waals surface area contributed by atoms with E-state index in [2.05, 4.69) is 20.3 Å². The molecule has 0 amide bonds. The molecule has 140 valence electrons. The van der Waals surface area contributed by atoms with Crippen LogP contribution in [0.5, 0.6) is 0 Å². The molecule has 1 saturated heterocycles. The second-order valence-electron chi connectivity index (χ2n) is 6.06. The van der Waals surface area contributed by atoms with E-state index in [-0.39, 0.29) is 24.1 Å². The van der Waals surface area contributed by atoms with E-state index >= 15 is 0 Å². The van der Waals surface area contributed by atoms with E-state index in [0.29, 0.717) is 19.5 Å². The molecule has 2 aromatic rings. The summed E-state index contributed by atoms with van der Waals surface area (Å²) in [6.07, 6.45) is -0.180. The molecule has 2 aromatic heterocycles. The Hall–Kier alpha value is -2.36. The molecule has 0 spiro atoms. The Kier molecular flexibility index (Phi) is 5.30. The van der Waals surface area contributed by atoms with Crippen LogP contribution in [0.15, 0.2) is 24.7 Å². The van der Waals surface area contributed by atoms with Crippen molar-refractivity contribution in [3.05, 3.63) is 47.5 Å². The van der Waals surface area contributed by atoms with Crippen LogP contribution in [0.3, 0.4) is 0 Å². The van der Waals surface area contributed by atoms with E-state index in [1.807, 2.05) is 4.90 Å². The summed E-state index contributed by atoms with van der Waals surface area (Å²) in [4.78, 5) is 12.6. The van der Waals surface area contributed by atoms with Gasteiger partial charge in [0.25, 0.3) is 0 Å². The number of hydrogen-bond donors (Lipinski definition) is 1. The van der Waals surface area contributed by atoms with Gasteiger partial charge in [-0.25, -0.2) is 18.7 Å². The summed E-state index contributed by atoms with van der Waals surface area (Å²) in [6.45, 7) is 1.09. The van der Waals surface area contributed by atoms with Gasteiger partial charge in [0.05, 0.1) is 12.4 Å². The van der Waals surface area contributed by atoms with E-state index in [1.54, 1.807) is 0 Å². The molecular formula is C16H16F5N5. The Labute approximate surface area is 146 Å². The number of halogens is 5. The van der Waals surface area contributed by atoms with Gasteiger partial charge in [0.1, 0.15) is 17.3 Å². The maximum Gasteiger partial charge on any atom is 0.433 e. The van der Waals surface area contributed by atoms with Crippen LogP contribution in [0.1, 0.15) is 24.1 Å². The molecule has 0 bridgehead atoms. The summed E-state index contributed by atoms with van der Waals surface area (Å²) in [5.74, 6) is -1.56. The molecule has 3 rings (SSSR count). The van der Waals surface area contributed by atoms with Crippen molar-refractivity contribution in [1.82, 2.24) is 19.9 Å². The summed E-state index contributed by atoms with van der Waals surface area (Å²) in [5, 5.41) is 2.87. The summed E-state index contributed by atoms with van der Waals surface area (Å²) in [6, 6.07) is 0.577. The highest BCUT2D eigenvalue weighted by molar-refractivity contribution is 5.28. The van der Waals surface area contributed by atoms with Gasteiger partial charge in [0.15, 0.2) is 0 Å². The Balaban J connectivity index is 1.66. The third-order valence-corrected chi connectivity index (χ3v) is 4.12. The molecule has 10 heteroatoms. The first kappa shape index (κ1) is 18.4. The number of nitrogens with one attached hydrogen (secondary N) is 1. The number of alkyl halides is 3. The van der Waals surface area contributed by atoms with E-state index in [0.717, 1.165) is 31.1 Å². The predicted octanol–water partition coefficient (Wildman–Crippen LogP) is 3.25. The predicted molar refractivity (Wildman–Crippen MR) is 83.1 cm³/mol. The molecule has 0 saturated carbocycles. The zero-order valence-electron chi connectivity index (χ0n) is 13.6. The van der Waals surface area contributed by atoms with Gasteiger partial charge < -0.3 is 5.32 Å². The largest absolute Gasteiger partial charge is 0.433 e. The second-order valence-corrected chi connectivity index (χ2v) is 6.06. The quantitative estimate of drug-likeness (QED) is 0.834. The molecule has 1 atom stereocenters. The minimum Gasteiger partial charge on any atom is -0.350 e. The van der Waals surface area contributed by atoms with E-state index in [1.165, 1.54) is 0 Å². The van der Waals surface area contributed by atoms with Crippen molar-refractivity contribution in [2.75, 3.05) is 18.4 Å². The molecule has 3 heterocycles. The van der Waals surface area contributed by atoms with Crippen molar-refractivity contribution >= 4 is 5.95 Å². The number of anilines is 1. The van der Waals surface area contributed by atoms with Gasteiger partial charge in [-0.3, -0.25) is 9.88 Å². The number of likely N-dealkylation sites (tertiary alicyclic amines) is 1. The van der Waals surface area contributed by atoms with Crippen LogP contribution in [0.4, 0.5) is 27.9 Å². The van der Waals surface area contributed by atoms with Gasteiger partial charge in [-0.05, 0) is 25.5 Å². The highest BCUT2D eigenvalue weighted by Gasteiger charge is 2.33. The van der Waals surface area contributed by atoms with E-state index in [4.69, 9.17) is 0 Å². The first-order valence-electron chi connectivity index (χ1n) is 8.00. The maximum absolute atomic E-state index is 13.7. The van der Waals surface area contributed by atoms with Gasteiger partial charge in [-0.2, -0.15) is 13.2 Å². The monoisotopic (exact) mass is 373 g/mol. The number of piperidine rings is 1. The summed E-state index contributed by atoms with van der Waals surface area (Å²) in [7, 11) is 0. The topological polar surface area (TPSA) is 53.9 Å². The average Bonchev–Trinajstić information content (AvgIpc) is 2.58. The minimum atomic E-state index is -4.55. The zero-order valence-corrected chi connectivity index (χ0v) is 13.6. The Morgan fingerprint density at radius 3 is 2.62 bits per heavy atom. The molecule has 0 radical (unpaired) electrons. The average molecular weight is 373 g/mol. The van der Waals surface area contributed by atoms with Crippen molar-refractivity contribution in [3.8, 4) is 0 Å². The zero-order chi connectivity index (χ0) is 18.7. The van der Waals surface area contributed by atoms with Crippen LogP contribution in [0, 0.1) is 11.6 Å². The van der Waals surface area contributed by atoms with Gasteiger partial charge in [-0.15, -0.1) is 0 Å². The van der Waals surface area contributed by atoms with Crippen LogP contribution in [0.25, 0.3) is 0 Å². The SMILES string of the molecule is Fc1cncc(F)c1CN1CCCC(Nc2nccc(C(F)(F)F)n2)C1. The molecule has 0 aliphatic carbocycles. The molecule has 1 aliphatic heterocycles. The van der Waals surface area contributed by atoms with Crippen molar-refractivity contribution < 1.29 is 22.0 Å². The molecule has 1 unspecified atom stereocenters. The van der Waals surface area contributed by atoms with Crippen molar-refractivity contribution in [1.29, 1.82) is 0 Å². The summed E-state index contributed by atoms with van der Waals surface area (Å²) >= 11 is 0. The third-order valence-electron chi connectivity index (χ3n) is 4.12. The van der Waals surface area contributed by atoms with Crippen LogP contribution in [0.2, 0.25) is 0 Å². The smallest absolute Gasteiger partial charge is 0.350 e. The lowest BCUT2D eigenvalue weighted by atomic mass is 10.0.